The van der Waals surface area contributed by atoms with Crippen LogP contribution in [-0.2, 0) is 6.54 Å². The Morgan fingerprint density at radius 3 is 2.47 bits per heavy atom. The molecule has 100 valence electrons. The lowest BCUT2D eigenvalue weighted by Crippen LogP contribution is -2.26. The standard InChI is InChI=1S/C15H19N3O/c1-3-5-13(17)14(4-2)18-15(19)12-8-6-11(10-16)7-9-12/h3-9H,1,10,16-17H2,2H3,(H,18,19)/b13-5+,14-4+. The molecule has 1 rings (SSSR count). The highest BCUT2D eigenvalue weighted by Crippen LogP contribution is 2.06. The molecule has 0 fully saturated rings. The van der Waals surface area contributed by atoms with Gasteiger partial charge in [0.25, 0.3) is 5.91 Å². The fourth-order valence-corrected chi connectivity index (χ4v) is 1.51. The molecule has 1 aromatic carbocycles. The maximum absolute atomic E-state index is 12.0. The lowest BCUT2D eigenvalue weighted by Gasteiger charge is -2.10. The highest BCUT2D eigenvalue weighted by Gasteiger charge is 2.08. The van der Waals surface area contributed by atoms with Gasteiger partial charge in [-0.25, -0.2) is 0 Å². The van der Waals surface area contributed by atoms with Gasteiger partial charge in [0.15, 0.2) is 0 Å². The molecule has 0 unspecified atom stereocenters. The molecule has 0 aliphatic rings. The van der Waals surface area contributed by atoms with Crippen LogP contribution in [0.4, 0.5) is 0 Å². The second kappa shape index (κ2) is 7.18. The largest absolute Gasteiger partial charge is 0.397 e. The number of nitrogens with two attached hydrogens (primary N) is 2. The van der Waals surface area contributed by atoms with Crippen molar-refractivity contribution < 1.29 is 4.79 Å². The molecule has 0 radical (unpaired) electrons. The molecule has 0 aromatic heterocycles. The van der Waals surface area contributed by atoms with Crippen LogP contribution in [0, 0.1) is 0 Å². The van der Waals surface area contributed by atoms with Gasteiger partial charge in [-0.2, -0.15) is 0 Å². The Balaban J connectivity index is 2.83. The van der Waals surface area contributed by atoms with E-state index in [9.17, 15) is 4.79 Å². The number of nitrogens with one attached hydrogen (secondary N) is 1. The topological polar surface area (TPSA) is 81.1 Å². The van der Waals surface area contributed by atoms with E-state index < -0.39 is 0 Å². The predicted molar refractivity (Wildman–Crippen MR) is 78.0 cm³/mol. The van der Waals surface area contributed by atoms with Crippen LogP contribution in [-0.4, -0.2) is 5.91 Å². The third-order valence-corrected chi connectivity index (χ3v) is 2.60. The first-order chi connectivity index (χ1) is 9.12. The number of hydrogen-bond donors (Lipinski definition) is 3. The molecule has 4 heteroatoms. The summed E-state index contributed by atoms with van der Waals surface area (Å²) < 4.78 is 0. The van der Waals surface area contributed by atoms with E-state index in [0.717, 1.165) is 5.56 Å². The third kappa shape index (κ3) is 4.12. The maximum atomic E-state index is 12.0. The van der Waals surface area contributed by atoms with E-state index in [2.05, 4.69) is 11.9 Å². The minimum Gasteiger partial charge on any atom is -0.397 e. The van der Waals surface area contributed by atoms with Gasteiger partial charge in [0, 0.05) is 12.1 Å². The monoisotopic (exact) mass is 257 g/mol. The van der Waals surface area contributed by atoms with Crippen molar-refractivity contribution >= 4 is 5.91 Å². The molecule has 0 atom stereocenters. The van der Waals surface area contributed by atoms with Crippen molar-refractivity contribution in [1.29, 1.82) is 0 Å². The Labute approximate surface area is 113 Å². The number of allylic oxidation sites excluding steroid dienone is 3. The van der Waals surface area contributed by atoms with Crippen molar-refractivity contribution in [1.82, 2.24) is 5.32 Å². The Bertz CT molecular complexity index is 513. The first-order valence-electron chi connectivity index (χ1n) is 5.97. The van der Waals surface area contributed by atoms with Crippen molar-refractivity contribution in [3.8, 4) is 0 Å². The second-order valence-corrected chi connectivity index (χ2v) is 3.92. The van der Waals surface area contributed by atoms with Crippen LogP contribution >= 0.6 is 0 Å². The summed E-state index contributed by atoms with van der Waals surface area (Å²) in [5.41, 5.74) is 13.9. The molecule has 4 nitrogen and oxygen atoms in total. The number of amides is 1. The molecule has 0 bridgehead atoms. The van der Waals surface area contributed by atoms with Crippen LogP contribution < -0.4 is 16.8 Å². The molecule has 0 aliphatic heterocycles. The summed E-state index contributed by atoms with van der Waals surface area (Å²) in [4.78, 5) is 12.0. The molecule has 5 N–H and O–H groups in total. The Hall–Kier alpha value is -2.33. The lowest BCUT2D eigenvalue weighted by molar-refractivity contribution is 0.0966. The molecule has 0 saturated carbocycles. The Morgan fingerprint density at radius 1 is 1.37 bits per heavy atom. The van der Waals surface area contributed by atoms with Crippen LogP contribution in [0.2, 0.25) is 0 Å². The van der Waals surface area contributed by atoms with E-state index >= 15 is 0 Å². The van der Waals surface area contributed by atoms with E-state index in [1.165, 1.54) is 0 Å². The molecule has 0 saturated heterocycles. The van der Waals surface area contributed by atoms with Crippen molar-refractivity contribution in [2.75, 3.05) is 0 Å². The molecule has 0 heterocycles. The van der Waals surface area contributed by atoms with Crippen molar-refractivity contribution in [2.45, 2.75) is 13.5 Å². The molecular weight excluding hydrogens is 238 g/mol. The maximum Gasteiger partial charge on any atom is 0.255 e. The zero-order valence-corrected chi connectivity index (χ0v) is 11.0. The summed E-state index contributed by atoms with van der Waals surface area (Å²) in [5, 5.41) is 2.75. The van der Waals surface area contributed by atoms with E-state index in [4.69, 9.17) is 11.5 Å². The lowest BCUT2D eigenvalue weighted by atomic mass is 10.1. The zero-order chi connectivity index (χ0) is 14.3. The number of hydrogen-bond acceptors (Lipinski definition) is 3. The second-order valence-electron chi connectivity index (χ2n) is 3.92. The molecule has 0 spiro atoms. The summed E-state index contributed by atoms with van der Waals surface area (Å²) in [5.74, 6) is -0.211. The van der Waals surface area contributed by atoms with Crippen LogP contribution in [0.15, 0.2) is 60.5 Å². The zero-order valence-electron chi connectivity index (χ0n) is 11.0. The number of carbonyl (C=O) groups is 1. The average Bonchev–Trinajstić information content (AvgIpc) is 2.44. The van der Waals surface area contributed by atoms with E-state index in [1.54, 1.807) is 37.3 Å². The van der Waals surface area contributed by atoms with Gasteiger partial charge in [0.1, 0.15) is 0 Å². The van der Waals surface area contributed by atoms with Crippen molar-refractivity contribution in [3.05, 3.63) is 71.6 Å². The first-order valence-corrected chi connectivity index (χ1v) is 5.97. The molecular formula is C15H19N3O. The number of rotatable bonds is 5. The van der Waals surface area contributed by atoms with Gasteiger partial charge in [0.05, 0.1) is 11.4 Å². The van der Waals surface area contributed by atoms with Crippen LogP contribution in [0.3, 0.4) is 0 Å². The highest BCUT2D eigenvalue weighted by atomic mass is 16.1. The summed E-state index contributed by atoms with van der Waals surface area (Å²) in [6.45, 7) is 5.82. The van der Waals surface area contributed by atoms with Gasteiger partial charge < -0.3 is 16.8 Å². The van der Waals surface area contributed by atoms with E-state index in [1.807, 2.05) is 12.1 Å². The summed E-state index contributed by atoms with van der Waals surface area (Å²) >= 11 is 0. The fraction of sp³-hybridized carbons (Fsp3) is 0.133. The Morgan fingerprint density at radius 2 is 2.00 bits per heavy atom. The predicted octanol–water partition coefficient (Wildman–Crippen LogP) is 1.81. The summed E-state index contributed by atoms with van der Waals surface area (Å²) in [6, 6.07) is 7.12. The molecule has 1 amide bonds. The number of benzene rings is 1. The van der Waals surface area contributed by atoms with Crippen molar-refractivity contribution in [2.24, 2.45) is 11.5 Å². The van der Waals surface area contributed by atoms with Crippen LogP contribution in [0.5, 0.6) is 0 Å². The summed E-state index contributed by atoms with van der Waals surface area (Å²) in [7, 11) is 0. The average molecular weight is 257 g/mol. The van der Waals surface area contributed by atoms with Gasteiger partial charge in [-0.05, 0) is 30.7 Å². The number of carbonyl (C=O) groups excluding carboxylic acids is 1. The van der Waals surface area contributed by atoms with Gasteiger partial charge in [-0.15, -0.1) is 0 Å². The quantitative estimate of drug-likeness (QED) is 0.704. The summed E-state index contributed by atoms with van der Waals surface area (Å²) in [6.07, 6.45) is 4.94. The van der Waals surface area contributed by atoms with Gasteiger partial charge in [0.2, 0.25) is 0 Å². The smallest absolute Gasteiger partial charge is 0.255 e. The van der Waals surface area contributed by atoms with Gasteiger partial charge in [-0.3, -0.25) is 4.79 Å². The van der Waals surface area contributed by atoms with E-state index in [0.29, 0.717) is 23.5 Å². The highest BCUT2D eigenvalue weighted by molar-refractivity contribution is 5.95. The van der Waals surface area contributed by atoms with Crippen molar-refractivity contribution in [3.63, 3.8) is 0 Å². The van der Waals surface area contributed by atoms with E-state index in [-0.39, 0.29) is 5.91 Å². The SMILES string of the molecule is C=C/C=C(N)\C(=C/C)NC(=O)c1ccc(CN)cc1. The normalized spacial score (nSPS) is 12.1. The van der Waals surface area contributed by atoms with Gasteiger partial charge in [-0.1, -0.05) is 30.9 Å². The minimum absolute atomic E-state index is 0.211. The first kappa shape index (κ1) is 14.7. The van der Waals surface area contributed by atoms with Gasteiger partial charge >= 0.3 is 0 Å². The Kier molecular flexibility index (Phi) is 5.57. The molecule has 19 heavy (non-hydrogen) atoms. The third-order valence-electron chi connectivity index (χ3n) is 2.60. The van der Waals surface area contributed by atoms with Crippen LogP contribution in [0.1, 0.15) is 22.8 Å². The molecule has 1 aromatic rings. The molecule has 0 aliphatic carbocycles. The fourth-order valence-electron chi connectivity index (χ4n) is 1.51. The van der Waals surface area contributed by atoms with Crippen LogP contribution in [0.25, 0.3) is 0 Å². The minimum atomic E-state index is -0.211.